The Hall–Kier alpha value is -3.35. The summed E-state index contributed by atoms with van der Waals surface area (Å²) in [6.45, 7) is 7.04. The number of methoxy groups -OCH3 is 1. The highest BCUT2D eigenvalue weighted by molar-refractivity contribution is 6.01. The number of anilines is 1. The first-order valence-corrected chi connectivity index (χ1v) is 10.3. The second-order valence-corrected chi connectivity index (χ2v) is 8.61. The third-order valence-electron chi connectivity index (χ3n) is 5.34. The van der Waals surface area contributed by atoms with Crippen LogP contribution in [-0.4, -0.2) is 48.9 Å². The molecule has 1 fully saturated rings. The van der Waals surface area contributed by atoms with Gasteiger partial charge in [-0.3, -0.25) is 14.4 Å². The molecule has 1 heterocycles. The molecule has 0 spiro atoms. The maximum Gasteiger partial charge on any atom is 0.254 e. The minimum atomic E-state index is -0.859. The number of carbonyl (C=O) groups excluding carboxylic acids is 3. The zero-order chi connectivity index (χ0) is 22.6. The lowest BCUT2D eigenvalue weighted by atomic mass is 9.86. The van der Waals surface area contributed by atoms with Crippen molar-refractivity contribution in [3.63, 3.8) is 0 Å². The normalized spacial score (nSPS) is 16.5. The summed E-state index contributed by atoms with van der Waals surface area (Å²) >= 11 is 0. The van der Waals surface area contributed by atoms with E-state index in [0.29, 0.717) is 30.1 Å². The standard InChI is InChI=1S/C24H29N3O4/c1-24(2,3)17-7-5-16(6-8-17)23(30)27-14-13-25-22(29)20(27)15-21(28)26-18-9-11-19(31-4)12-10-18/h5-12,20H,13-15H2,1-4H3,(H,25,29)(H,26,28). The third-order valence-corrected chi connectivity index (χ3v) is 5.34. The van der Waals surface area contributed by atoms with Crippen molar-refractivity contribution < 1.29 is 19.1 Å². The van der Waals surface area contributed by atoms with Gasteiger partial charge in [-0.2, -0.15) is 0 Å². The third kappa shape index (κ3) is 5.42. The Morgan fingerprint density at radius 1 is 1.10 bits per heavy atom. The average molecular weight is 424 g/mol. The molecule has 31 heavy (non-hydrogen) atoms. The number of piperazine rings is 1. The van der Waals surface area contributed by atoms with E-state index in [9.17, 15) is 14.4 Å². The molecule has 0 radical (unpaired) electrons. The molecule has 2 aromatic carbocycles. The minimum Gasteiger partial charge on any atom is -0.497 e. The van der Waals surface area contributed by atoms with Crippen molar-refractivity contribution in [2.45, 2.75) is 38.6 Å². The van der Waals surface area contributed by atoms with Crippen molar-refractivity contribution in [2.24, 2.45) is 0 Å². The Kier molecular flexibility index (Phi) is 6.63. The quantitative estimate of drug-likeness (QED) is 0.774. The first-order valence-electron chi connectivity index (χ1n) is 10.3. The van der Waals surface area contributed by atoms with Gasteiger partial charge in [0, 0.05) is 24.3 Å². The van der Waals surface area contributed by atoms with Gasteiger partial charge in [-0.25, -0.2) is 0 Å². The molecule has 1 saturated heterocycles. The second kappa shape index (κ2) is 9.20. The van der Waals surface area contributed by atoms with Gasteiger partial charge in [0.2, 0.25) is 11.8 Å². The first kappa shape index (κ1) is 22.3. The predicted octanol–water partition coefficient (Wildman–Crippen LogP) is 2.96. The van der Waals surface area contributed by atoms with Gasteiger partial charge in [0.15, 0.2) is 0 Å². The van der Waals surface area contributed by atoms with Crippen LogP contribution in [0.1, 0.15) is 43.1 Å². The number of nitrogens with zero attached hydrogens (tertiary/aromatic N) is 1. The van der Waals surface area contributed by atoms with E-state index in [2.05, 4.69) is 31.4 Å². The molecular formula is C24H29N3O4. The van der Waals surface area contributed by atoms with Crippen LogP contribution in [0.3, 0.4) is 0 Å². The van der Waals surface area contributed by atoms with Crippen molar-refractivity contribution in [3.8, 4) is 5.75 Å². The number of hydrogen-bond acceptors (Lipinski definition) is 4. The molecule has 2 aromatic rings. The highest BCUT2D eigenvalue weighted by Gasteiger charge is 2.35. The Bertz CT molecular complexity index is 946. The van der Waals surface area contributed by atoms with Crippen molar-refractivity contribution in [2.75, 3.05) is 25.5 Å². The summed E-state index contributed by atoms with van der Waals surface area (Å²) in [5.74, 6) is -0.236. The van der Waals surface area contributed by atoms with E-state index in [1.54, 1.807) is 43.5 Å². The summed E-state index contributed by atoms with van der Waals surface area (Å²) in [4.78, 5) is 39.7. The Balaban J connectivity index is 1.72. The maximum absolute atomic E-state index is 13.1. The van der Waals surface area contributed by atoms with Crippen LogP contribution in [0.2, 0.25) is 0 Å². The van der Waals surface area contributed by atoms with Gasteiger partial charge in [-0.1, -0.05) is 32.9 Å². The number of nitrogens with one attached hydrogen (secondary N) is 2. The van der Waals surface area contributed by atoms with Crippen molar-refractivity contribution in [3.05, 3.63) is 59.7 Å². The zero-order valence-electron chi connectivity index (χ0n) is 18.4. The molecule has 1 unspecified atom stereocenters. The van der Waals surface area contributed by atoms with Crippen LogP contribution in [0.15, 0.2) is 48.5 Å². The van der Waals surface area contributed by atoms with E-state index in [1.807, 2.05) is 12.1 Å². The molecule has 1 aliphatic heterocycles. The summed E-state index contributed by atoms with van der Waals surface area (Å²) in [5, 5.41) is 5.52. The summed E-state index contributed by atoms with van der Waals surface area (Å²) in [5.41, 5.74) is 2.20. The summed E-state index contributed by atoms with van der Waals surface area (Å²) in [6, 6.07) is 13.5. The summed E-state index contributed by atoms with van der Waals surface area (Å²) < 4.78 is 5.11. The largest absolute Gasteiger partial charge is 0.497 e. The molecule has 0 aliphatic carbocycles. The molecule has 1 aliphatic rings. The molecule has 1 atom stereocenters. The lowest BCUT2D eigenvalue weighted by Crippen LogP contribution is -2.58. The van der Waals surface area contributed by atoms with Gasteiger partial charge in [-0.05, 0) is 47.4 Å². The molecule has 7 heteroatoms. The molecular weight excluding hydrogens is 394 g/mol. The number of amides is 3. The van der Waals surface area contributed by atoms with Crippen LogP contribution in [0.25, 0.3) is 0 Å². The van der Waals surface area contributed by atoms with Crippen LogP contribution in [0.5, 0.6) is 5.75 Å². The highest BCUT2D eigenvalue weighted by atomic mass is 16.5. The highest BCUT2D eigenvalue weighted by Crippen LogP contribution is 2.23. The number of carbonyl (C=O) groups is 3. The zero-order valence-corrected chi connectivity index (χ0v) is 18.4. The van der Waals surface area contributed by atoms with Crippen LogP contribution >= 0.6 is 0 Å². The Morgan fingerprint density at radius 3 is 2.32 bits per heavy atom. The van der Waals surface area contributed by atoms with Crippen molar-refractivity contribution >= 4 is 23.4 Å². The molecule has 0 bridgehead atoms. The van der Waals surface area contributed by atoms with Crippen LogP contribution < -0.4 is 15.4 Å². The van der Waals surface area contributed by atoms with E-state index in [-0.39, 0.29) is 29.6 Å². The van der Waals surface area contributed by atoms with Crippen LogP contribution in [-0.2, 0) is 15.0 Å². The topological polar surface area (TPSA) is 87.7 Å². The van der Waals surface area contributed by atoms with E-state index in [4.69, 9.17) is 4.74 Å². The van der Waals surface area contributed by atoms with E-state index < -0.39 is 6.04 Å². The molecule has 0 saturated carbocycles. The van der Waals surface area contributed by atoms with E-state index in [0.717, 1.165) is 5.56 Å². The van der Waals surface area contributed by atoms with Crippen LogP contribution in [0.4, 0.5) is 5.69 Å². The Morgan fingerprint density at radius 2 is 1.74 bits per heavy atom. The van der Waals surface area contributed by atoms with Gasteiger partial charge in [0.1, 0.15) is 11.8 Å². The van der Waals surface area contributed by atoms with Gasteiger partial charge < -0.3 is 20.3 Å². The SMILES string of the molecule is COc1ccc(NC(=O)CC2C(=O)NCCN2C(=O)c2ccc(C(C)(C)C)cc2)cc1. The summed E-state index contributed by atoms with van der Waals surface area (Å²) in [7, 11) is 1.57. The lowest BCUT2D eigenvalue weighted by molar-refractivity contribution is -0.131. The lowest BCUT2D eigenvalue weighted by Gasteiger charge is -2.35. The van der Waals surface area contributed by atoms with Crippen molar-refractivity contribution in [1.82, 2.24) is 10.2 Å². The second-order valence-electron chi connectivity index (χ2n) is 8.61. The molecule has 7 nitrogen and oxygen atoms in total. The molecule has 0 aromatic heterocycles. The van der Waals surface area contributed by atoms with Gasteiger partial charge in [0.25, 0.3) is 5.91 Å². The van der Waals surface area contributed by atoms with Crippen LogP contribution in [0, 0.1) is 0 Å². The minimum absolute atomic E-state index is 0.0192. The molecule has 164 valence electrons. The van der Waals surface area contributed by atoms with E-state index >= 15 is 0 Å². The number of hydrogen-bond donors (Lipinski definition) is 2. The molecule has 2 N–H and O–H groups in total. The maximum atomic E-state index is 13.1. The number of benzene rings is 2. The summed E-state index contributed by atoms with van der Waals surface area (Å²) in [6.07, 6.45) is -0.121. The monoisotopic (exact) mass is 423 g/mol. The smallest absolute Gasteiger partial charge is 0.254 e. The first-order chi connectivity index (χ1) is 14.7. The van der Waals surface area contributed by atoms with Crippen molar-refractivity contribution in [1.29, 1.82) is 0 Å². The molecule has 3 amide bonds. The fraction of sp³-hybridized carbons (Fsp3) is 0.375. The average Bonchev–Trinajstić information content (AvgIpc) is 2.74. The van der Waals surface area contributed by atoms with Gasteiger partial charge in [-0.15, -0.1) is 0 Å². The number of rotatable bonds is 5. The van der Waals surface area contributed by atoms with Gasteiger partial charge in [0.05, 0.1) is 13.5 Å². The fourth-order valence-electron chi connectivity index (χ4n) is 3.50. The predicted molar refractivity (Wildman–Crippen MR) is 119 cm³/mol. The van der Waals surface area contributed by atoms with Gasteiger partial charge >= 0.3 is 0 Å². The number of ether oxygens (including phenoxy) is 1. The van der Waals surface area contributed by atoms with E-state index in [1.165, 1.54) is 4.90 Å². The fourth-order valence-corrected chi connectivity index (χ4v) is 3.50. The Labute approximate surface area is 182 Å². The molecule has 3 rings (SSSR count).